The molecule has 3 heteroatoms. The Balaban J connectivity index is 1.55. The van der Waals surface area contributed by atoms with Crippen molar-refractivity contribution in [3.05, 3.63) is 0 Å². The molecule has 2 N–H and O–H groups in total. The van der Waals surface area contributed by atoms with Crippen molar-refractivity contribution in [2.45, 2.75) is 123 Å². The van der Waals surface area contributed by atoms with E-state index in [9.17, 15) is 15.0 Å². The highest BCUT2D eigenvalue weighted by atomic mass is 16.3. The summed E-state index contributed by atoms with van der Waals surface area (Å²) >= 11 is 0. The highest BCUT2D eigenvalue weighted by Gasteiger charge is 2.71. The molecule has 5 aliphatic rings. The SMILES string of the molecule is C[C@H]1C(=O)CC[C@@H]2[C@]1(C)CC[C@H]1[C@@]2(C)CC[C@@]2(C)[C@@H]3C[C@](C)(O)CC[C@]3(O)CC[C@]12C. The molecule has 5 aliphatic carbocycles. The summed E-state index contributed by atoms with van der Waals surface area (Å²) < 4.78 is 0. The molecule has 176 valence electrons. The van der Waals surface area contributed by atoms with Crippen molar-refractivity contribution in [2.75, 3.05) is 0 Å². The fourth-order valence-electron chi connectivity index (χ4n) is 10.6. The monoisotopic (exact) mass is 430 g/mol. The molecule has 0 aromatic rings. The molecular weight excluding hydrogens is 384 g/mol. The molecule has 0 saturated heterocycles. The van der Waals surface area contributed by atoms with Crippen molar-refractivity contribution in [2.24, 2.45) is 45.3 Å². The smallest absolute Gasteiger partial charge is 0.136 e. The third-order valence-electron chi connectivity index (χ3n) is 13.0. The molecule has 0 bridgehead atoms. The molecule has 0 amide bonds. The minimum Gasteiger partial charge on any atom is -0.390 e. The number of Topliss-reactive ketones (excluding diaryl/α,β-unsaturated/α-hetero) is 1. The minimum absolute atomic E-state index is 0.0679. The maximum Gasteiger partial charge on any atom is 0.136 e. The van der Waals surface area contributed by atoms with E-state index in [4.69, 9.17) is 0 Å². The van der Waals surface area contributed by atoms with E-state index in [1.165, 1.54) is 19.3 Å². The highest BCUT2D eigenvalue weighted by Crippen LogP contribution is 2.76. The number of fused-ring (bicyclic) bond motifs is 7. The molecule has 3 nitrogen and oxygen atoms in total. The van der Waals surface area contributed by atoms with E-state index in [1.807, 2.05) is 6.92 Å². The van der Waals surface area contributed by atoms with Gasteiger partial charge in [0.15, 0.2) is 0 Å². The summed E-state index contributed by atoms with van der Waals surface area (Å²) in [6.45, 7) is 14.2. The highest BCUT2D eigenvalue weighted by molar-refractivity contribution is 5.82. The fraction of sp³-hybridized carbons (Fsp3) is 0.964. The summed E-state index contributed by atoms with van der Waals surface area (Å²) in [5, 5.41) is 22.7. The van der Waals surface area contributed by atoms with Gasteiger partial charge in [0.2, 0.25) is 0 Å². The number of aliphatic hydroxyl groups is 2. The van der Waals surface area contributed by atoms with Crippen LogP contribution in [0.15, 0.2) is 0 Å². The van der Waals surface area contributed by atoms with E-state index in [0.717, 1.165) is 51.4 Å². The third-order valence-corrected chi connectivity index (χ3v) is 13.0. The van der Waals surface area contributed by atoms with E-state index in [1.54, 1.807) is 0 Å². The predicted octanol–water partition coefficient (Wildman–Crippen LogP) is 5.91. The van der Waals surface area contributed by atoms with Crippen molar-refractivity contribution in [3.8, 4) is 0 Å². The lowest BCUT2D eigenvalue weighted by atomic mass is 9.31. The van der Waals surface area contributed by atoms with Gasteiger partial charge in [-0.3, -0.25) is 4.79 Å². The Morgan fingerprint density at radius 1 is 0.710 bits per heavy atom. The first-order valence-corrected chi connectivity index (χ1v) is 13.2. The average molecular weight is 431 g/mol. The Kier molecular flexibility index (Phi) is 4.60. The van der Waals surface area contributed by atoms with Gasteiger partial charge in [0.05, 0.1) is 11.2 Å². The summed E-state index contributed by atoms with van der Waals surface area (Å²) in [6, 6.07) is 0. The third kappa shape index (κ3) is 2.69. The van der Waals surface area contributed by atoms with Gasteiger partial charge in [-0.05, 0) is 111 Å². The normalized spacial score (nSPS) is 61.6. The average Bonchev–Trinajstić information content (AvgIpc) is 2.69. The summed E-state index contributed by atoms with van der Waals surface area (Å²) in [5.41, 5.74) is -0.561. The van der Waals surface area contributed by atoms with Crippen LogP contribution in [0.2, 0.25) is 0 Å². The Morgan fingerprint density at radius 3 is 2.03 bits per heavy atom. The minimum atomic E-state index is -0.650. The van der Waals surface area contributed by atoms with Crippen molar-refractivity contribution in [1.29, 1.82) is 0 Å². The first-order valence-electron chi connectivity index (χ1n) is 13.2. The zero-order chi connectivity index (χ0) is 22.7. The Labute approximate surface area is 189 Å². The number of carbonyl (C=O) groups excluding carboxylic acids is 1. The molecule has 10 atom stereocenters. The summed E-state index contributed by atoms with van der Waals surface area (Å²) in [5.74, 6) is 2.14. The Hall–Kier alpha value is -0.410. The molecule has 31 heavy (non-hydrogen) atoms. The largest absolute Gasteiger partial charge is 0.390 e. The quantitative estimate of drug-likeness (QED) is 0.502. The van der Waals surface area contributed by atoms with Gasteiger partial charge in [-0.1, -0.05) is 34.6 Å². The maximum atomic E-state index is 12.7. The number of hydrogen-bond donors (Lipinski definition) is 2. The van der Waals surface area contributed by atoms with Gasteiger partial charge in [0, 0.05) is 12.3 Å². The van der Waals surface area contributed by atoms with E-state index >= 15 is 0 Å². The van der Waals surface area contributed by atoms with Crippen LogP contribution in [-0.4, -0.2) is 27.2 Å². The molecule has 0 heterocycles. The van der Waals surface area contributed by atoms with E-state index in [0.29, 0.717) is 17.6 Å². The fourth-order valence-corrected chi connectivity index (χ4v) is 10.6. The number of carbonyl (C=O) groups is 1. The van der Waals surface area contributed by atoms with Crippen LogP contribution in [0, 0.1) is 45.3 Å². The van der Waals surface area contributed by atoms with Crippen LogP contribution in [0.1, 0.15) is 112 Å². The zero-order valence-electron chi connectivity index (χ0n) is 20.9. The number of rotatable bonds is 0. The first-order chi connectivity index (χ1) is 14.2. The van der Waals surface area contributed by atoms with Crippen molar-refractivity contribution < 1.29 is 15.0 Å². The molecule has 0 radical (unpaired) electrons. The second-order valence-electron chi connectivity index (χ2n) is 14.1. The van der Waals surface area contributed by atoms with E-state index in [-0.39, 0.29) is 33.5 Å². The molecule has 0 unspecified atom stereocenters. The standard InChI is InChI=1S/C28H46O3/c1-18-19(29)7-8-20-24(18,3)10-9-21-25(20,4)12-13-27(6)22-17-23(2,30)11-15-28(22,31)16-14-26(21,27)5/h18,20-22,30-31H,7-17H2,1-6H3/t18-,20+,21-,22-,23+,24+,25-,26+,27-,28-/m0/s1. The zero-order valence-corrected chi connectivity index (χ0v) is 20.9. The van der Waals surface area contributed by atoms with Crippen LogP contribution in [0.4, 0.5) is 0 Å². The van der Waals surface area contributed by atoms with Gasteiger partial charge in [-0.25, -0.2) is 0 Å². The number of ketones is 1. The Morgan fingerprint density at radius 2 is 1.32 bits per heavy atom. The van der Waals surface area contributed by atoms with Crippen molar-refractivity contribution in [1.82, 2.24) is 0 Å². The van der Waals surface area contributed by atoms with Gasteiger partial charge in [-0.15, -0.1) is 0 Å². The maximum absolute atomic E-state index is 12.7. The van der Waals surface area contributed by atoms with Gasteiger partial charge in [-0.2, -0.15) is 0 Å². The van der Waals surface area contributed by atoms with E-state index < -0.39 is 11.2 Å². The molecule has 0 aliphatic heterocycles. The Bertz CT molecular complexity index is 789. The van der Waals surface area contributed by atoms with Crippen molar-refractivity contribution >= 4 is 5.78 Å². The van der Waals surface area contributed by atoms with Gasteiger partial charge >= 0.3 is 0 Å². The predicted molar refractivity (Wildman–Crippen MR) is 123 cm³/mol. The van der Waals surface area contributed by atoms with E-state index in [2.05, 4.69) is 34.6 Å². The second kappa shape index (κ2) is 6.38. The second-order valence-corrected chi connectivity index (χ2v) is 14.1. The van der Waals surface area contributed by atoms with Crippen LogP contribution in [0.3, 0.4) is 0 Å². The topological polar surface area (TPSA) is 57.5 Å². The molecule has 5 saturated carbocycles. The van der Waals surface area contributed by atoms with Gasteiger partial charge in [0.25, 0.3) is 0 Å². The van der Waals surface area contributed by atoms with Crippen LogP contribution in [-0.2, 0) is 4.79 Å². The lowest BCUT2D eigenvalue weighted by Crippen LogP contribution is -2.69. The summed E-state index contributed by atoms with van der Waals surface area (Å²) in [4.78, 5) is 12.7. The number of hydrogen-bond acceptors (Lipinski definition) is 3. The summed E-state index contributed by atoms with van der Waals surface area (Å²) in [7, 11) is 0. The van der Waals surface area contributed by atoms with Crippen LogP contribution < -0.4 is 0 Å². The summed E-state index contributed by atoms with van der Waals surface area (Å²) in [6.07, 6.45) is 10.8. The van der Waals surface area contributed by atoms with Gasteiger partial charge < -0.3 is 10.2 Å². The first kappa shape index (κ1) is 22.4. The molecule has 5 rings (SSSR count). The van der Waals surface area contributed by atoms with Crippen molar-refractivity contribution in [3.63, 3.8) is 0 Å². The molecular formula is C28H46O3. The molecule has 0 aromatic carbocycles. The molecule has 0 aromatic heterocycles. The lowest BCUT2D eigenvalue weighted by molar-refractivity contribution is -0.278. The molecule has 5 fully saturated rings. The molecule has 0 spiro atoms. The lowest BCUT2D eigenvalue weighted by Gasteiger charge is -2.74. The van der Waals surface area contributed by atoms with Crippen LogP contribution in [0.25, 0.3) is 0 Å². The van der Waals surface area contributed by atoms with Crippen LogP contribution >= 0.6 is 0 Å². The van der Waals surface area contributed by atoms with Gasteiger partial charge in [0.1, 0.15) is 5.78 Å². The van der Waals surface area contributed by atoms with Crippen LogP contribution in [0.5, 0.6) is 0 Å².